The lowest BCUT2D eigenvalue weighted by molar-refractivity contribution is 0.282. The van der Waals surface area contributed by atoms with Gasteiger partial charge in [-0.25, -0.2) is 4.98 Å². The quantitative estimate of drug-likeness (QED) is 0.733. The van der Waals surface area contributed by atoms with E-state index in [9.17, 15) is 0 Å². The SMILES string of the molecule is CCCCc1ncc(CN2CCCN(c3nc4ccccc4o3)CC2)[nH]1. The highest BCUT2D eigenvalue weighted by Gasteiger charge is 2.19. The Morgan fingerprint density at radius 2 is 2.08 bits per heavy atom. The molecule has 3 heterocycles. The number of unbranched alkanes of at least 4 members (excludes halogenated alkanes) is 1. The highest BCUT2D eigenvalue weighted by atomic mass is 16.4. The highest BCUT2D eigenvalue weighted by molar-refractivity contribution is 5.74. The largest absolute Gasteiger partial charge is 0.423 e. The van der Waals surface area contributed by atoms with E-state index >= 15 is 0 Å². The number of hydrogen-bond donors (Lipinski definition) is 1. The zero-order valence-corrected chi connectivity index (χ0v) is 15.4. The first-order valence-electron chi connectivity index (χ1n) is 9.67. The average Bonchev–Trinajstić information content (AvgIpc) is 3.22. The van der Waals surface area contributed by atoms with E-state index in [2.05, 4.69) is 31.7 Å². The van der Waals surface area contributed by atoms with Crippen molar-refractivity contribution in [3.8, 4) is 0 Å². The molecule has 0 aliphatic carbocycles. The summed E-state index contributed by atoms with van der Waals surface area (Å²) in [5.74, 6) is 1.12. The first kappa shape index (κ1) is 17.1. The van der Waals surface area contributed by atoms with Crippen LogP contribution in [-0.2, 0) is 13.0 Å². The first-order chi connectivity index (χ1) is 12.8. The third-order valence-electron chi connectivity index (χ3n) is 4.98. The number of hydrogen-bond acceptors (Lipinski definition) is 5. The van der Waals surface area contributed by atoms with Crippen molar-refractivity contribution in [3.63, 3.8) is 0 Å². The maximum Gasteiger partial charge on any atom is 0.298 e. The van der Waals surface area contributed by atoms with Gasteiger partial charge in [-0.1, -0.05) is 25.5 Å². The fraction of sp³-hybridized carbons (Fsp3) is 0.500. The Kier molecular flexibility index (Phi) is 5.20. The number of aryl methyl sites for hydroxylation is 1. The molecule has 4 rings (SSSR count). The molecule has 138 valence electrons. The number of imidazole rings is 1. The van der Waals surface area contributed by atoms with Crippen LogP contribution in [-0.4, -0.2) is 46.0 Å². The van der Waals surface area contributed by atoms with E-state index in [1.54, 1.807) is 0 Å². The smallest absolute Gasteiger partial charge is 0.298 e. The van der Waals surface area contributed by atoms with Crippen molar-refractivity contribution in [1.82, 2.24) is 19.9 Å². The number of fused-ring (bicyclic) bond motifs is 1. The van der Waals surface area contributed by atoms with Crippen LogP contribution in [0.1, 0.15) is 37.7 Å². The van der Waals surface area contributed by atoms with Crippen LogP contribution in [0.15, 0.2) is 34.9 Å². The maximum absolute atomic E-state index is 5.94. The predicted molar refractivity (Wildman–Crippen MR) is 103 cm³/mol. The molecule has 1 saturated heterocycles. The molecule has 1 fully saturated rings. The number of oxazole rings is 1. The summed E-state index contributed by atoms with van der Waals surface area (Å²) in [7, 11) is 0. The molecule has 0 unspecified atom stereocenters. The molecular formula is C20H27N5O. The molecule has 0 spiro atoms. The number of nitrogens with one attached hydrogen (secondary N) is 1. The second-order valence-electron chi connectivity index (χ2n) is 7.04. The molecule has 0 atom stereocenters. The minimum absolute atomic E-state index is 0.747. The van der Waals surface area contributed by atoms with Gasteiger partial charge in [-0.05, 0) is 25.0 Å². The van der Waals surface area contributed by atoms with Crippen molar-refractivity contribution < 1.29 is 4.42 Å². The summed E-state index contributed by atoms with van der Waals surface area (Å²) in [6.07, 6.45) is 6.54. The lowest BCUT2D eigenvalue weighted by Crippen LogP contribution is -2.30. The van der Waals surface area contributed by atoms with Crippen LogP contribution in [0.3, 0.4) is 0 Å². The van der Waals surface area contributed by atoms with E-state index in [0.29, 0.717) is 0 Å². The molecule has 3 aromatic rings. The summed E-state index contributed by atoms with van der Waals surface area (Å²) in [5, 5.41) is 0. The fourth-order valence-electron chi connectivity index (χ4n) is 3.51. The molecule has 6 nitrogen and oxygen atoms in total. The van der Waals surface area contributed by atoms with E-state index in [0.717, 1.165) is 68.5 Å². The van der Waals surface area contributed by atoms with E-state index in [-0.39, 0.29) is 0 Å². The Morgan fingerprint density at radius 3 is 2.96 bits per heavy atom. The van der Waals surface area contributed by atoms with Gasteiger partial charge in [-0.2, -0.15) is 4.98 Å². The van der Waals surface area contributed by atoms with E-state index in [1.807, 2.05) is 30.5 Å². The number of aromatic nitrogens is 3. The maximum atomic E-state index is 5.94. The summed E-state index contributed by atoms with van der Waals surface area (Å²) in [6.45, 7) is 7.14. The highest BCUT2D eigenvalue weighted by Crippen LogP contribution is 2.22. The number of H-pyrrole nitrogens is 1. The number of rotatable bonds is 6. The Morgan fingerprint density at radius 1 is 1.15 bits per heavy atom. The van der Waals surface area contributed by atoms with E-state index in [4.69, 9.17) is 4.42 Å². The van der Waals surface area contributed by atoms with Gasteiger partial charge in [0.25, 0.3) is 6.01 Å². The molecule has 1 N–H and O–H groups in total. The number of nitrogens with zero attached hydrogens (tertiary/aromatic N) is 4. The van der Waals surface area contributed by atoms with Crippen LogP contribution < -0.4 is 4.90 Å². The van der Waals surface area contributed by atoms with Gasteiger partial charge >= 0.3 is 0 Å². The molecule has 6 heteroatoms. The molecule has 26 heavy (non-hydrogen) atoms. The minimum Gasteiger partial charge on any atom is -0.423 e. The van der Waals surface area contributed by atoms with Gasteiger partial charge in [0.15, 0.2) is 5.58 Å². The van der Waals surface area contributed by atoms with Gasteiger partial charge in [0, 0.05) is 51.0 Å². The molecule has 0 radical (unpaired) electrons. The van der Waals surface area contributed by atoms with Crippen molar-refractivity contribution in [3.05, 3.63) is 42.0 Å². The Bertz CT molecular complexity index is 806. The third-order valence-corrected chi connectivity index (χ3v) is 4.98. The van der Waals surface area contributed by atoms with E-state index < -0.39 is 0 Å². The summed E-state index contributed by atoms with van der Waals surface area (Å²) < 4.78 is 5.94. The van der Waals surface area contributed by atoms with Gasteiger partial charge in [0.05, 0.1) is 0 Å². The Hall–Kier alpha value is -2.34. The molecule has 0 bridgehead atoms. The number of para-hydroxylation sites is 2. The van der Waals surface area contributed by atoms with Crippen molar-refractivity contribution in [1.29, 1.82) is 0 Å². The molecule has 0 amide bonds. The monoisotopic (exact) mass is 353 g/mol. The van der Waals surface area contributed by atoms with Gasteiger partial charge in [-0.15, -0.1) is 0 Å². The first-order valence-corrected chi connectivity index (χ1v) is 9.67. The lowest BCUT2D eigenvalue weighted by atomic mass is 10.2. The lowest BCUT2D eigenvalue weighted by Gasteiger charge is -2.20. The van der Waals surface area contributed by atoms with Gasteiger partial charge in [-0.3, -0.25) is 4.90 Å². The van der Waals surface area contributed by atoms with Gasteiger partial charge in [0.2, 0.25) is 0 Å². The summed E-state index contributed by atoms with van der Waals surface area (Å²) in [4.78, 5) is 17.4. The van der Waals surface area contributed by atoms with Crippen LogP contribution in [0.5, 0.6) is 0 Å². The molecular weight excluding hydrogens is 326 g/mol. The average molecular weight is 353 g/mol. The predicted octanol–water partition coefficient (Wildman–Crippen LogP) is 3.61. The second kappa shape index (κ2) is 7.91. The molecule has 2 aromatic heterocycles. The normalized spacial score (nSPS) is 16.3. The van der Waals surface area contributed by atoms with E-state index in [1.165, 1.54) is 18.5 Å². The standard InChI is InChI=1S/C20H27N5O/c1-2-3-9-19-21-14-16(22-19)15-24-10-6-11-25(13-12-24)20-23-17-7-4-5-8-18(17)26-20/h4-5,7-8,14H,2-3,6,9-13,15H2,1H3,(H,21,22). The van der Waals surface area contributed by atoms with Crippen LogP contribution >= 0.6 is 0 Å². The van der Waals surface area contributed by atoms with Crippen LogP contribution in [0, 0.1) is 0 Å². The van der Waals surface area contributed by atoms with Crippen molar-refractivity contribution >= 4 is 17.1 Å². The second-order valence-corrected chi connectivity index (χ2v) is 7.04. The summed E-state index contributed by atoms with van der Waals surface area (Å²) in [5.41, 5.74) is 3.01. The zero-order chi connectivity index (χ0) is 17.8. The van der Waals surface area contributed by atoms with Gasteiger partial charge < -0.3 is 14.3 Å². The minimum atomic E-state index is 0.747. The molecule has 1 aliphatic rings. The Labute approximate surface area is 154 Å². The number of benzene rings is 1. The number of aromatic amines is 1. The Balaban J connectivity index is 1.36. The third kappa shape index (κ3) is 3.90. The summed E-state index contributed by atoms with van der Waals surface area (Å²) >= 11 is 0. The van der Waals surface area contributed by atoms with Crippen LogP contribution in [0.2, 0.25) is 0 Å². The number of anilines is 1. The van der Waals surface area contributed by atoms with Crippen molar-refractivity contribution in [2.75, 3.05) is 31.1 Å². The molecule has 1 aromatic carbocycles. The topological polar surface area (TPSA) is 61.2 Å². The molecule has 0 saturated carbocycles. The van der Waals surface area contributed by atoms with Crippen molar-refractivity contribution in [2.45, 2.75) is 39.2 Å². The van der Waals surface area contributed by atoms with Gasteiger partial charge in [0.1, 0.15) is 11.3 Å². The summed E-state index contributed by atoms with van der Waals surface area (Å²) in [6, 6.07) is 8.71. The van der Waals surface area contributed by atoms with Crippen LogP contribution in [0.25, 0.3) is 11.1 Å². The zero-order valence-electron chi connectivity index (χ0n) is 15.4. The van der Waals surface area contributed by atoms with Crippen molar-refractivity contribution in [2.24, 2.45) is 0 Å². The molecule has 1 aliphatic heterocycles. The van der Waals surface area contributed by atoms with Crippen LogP contribution in [0.4, 0.5) is 6.01 Å². The fourth-order valence-corrected chi connectivity index (χ4v) is 3.51.